The van der Waals surface area contributed by atoms with Crippen LogP contribution < -0.4 is 5.32 Å². The summed E-state index contributed by atoms with van der Waals surface area (Å²) in [5.74, 6) is -1.88. The zero-order chi connectivity index (χ0) is 25.2. The molecular formula is C30H21ClN2O3. The van der Waals surface area contributed by atoms with Gasteiger partial charge >= 0.3 is 0 Å². The molecule has 0 saturated carbocycles. The van der Waals surface area contributed by atoms with Crippen LogP contribution in [0, 0.1) is 6.92 Å². The third kappa shape index (κ3) is 4.44. The lowest BCUT2D eigenvalue weighted by molar-refractivity contribution is -0.112. The molecule has 0 bridgehead atoms. The van der Waals surface area contributed by atoms with Gasteiger partial charge in [-0.05, 0) is 48.9 Å². The SMILES string of the molecule is Cc1ccc(-c2cc3ccccn3c2C(=O)C(=O)Nc2ccc(Cl)cc2C(=O)c2ccccc2)cc1. The number of carbonyl (C=O) groups excluding carboxylic acids is 3. The van der Waals surface area contributed by atoms with Gasteiger partial charge in [0.25, 0.3) is 11.7 Å². The zero-order valence-corrected chi connectivity index (χ0v) is 20.1. The summed E-state index contributed by atoms with van der Waals surface area (Å²) >= 11 is 6.16. The number of rotatable bonds is 6. The molecule has 2 aromatic heterocycles. The maximum Gasteiger partial charge on any atom is 0.298 e. The molecule has 0 aliphatic heterocycles. The molecular weight excluding hydrogens is 472 g/mol. The van der Waals surface area contributed by atoms with Crippen LogP contribution >= 0.6 is 11.6 Å². The molecule has 0 unspecified atom stereocenters. The Morgan fingerprint density at radius 2 is 1.53 bits per heavy atom. The van der Waals surface area contributed by atoms with E-state index >= 15 is 0 Å². The monoisotopic (exact) mass is 492 g/mol. The van der Waals surface area contributed by atoms with Crippen LogP contribution in [0.1, 0.15) is 32.0 Å². The lowest BCUT2D eigenvalue weighted by atomic mass is 10.0. The van der Waals surface area contributed by atoms with Crippen molar-refractivity contribution in [2.24, 2.45) is 0 Å². The van der Waals surface area contributed by atoms with E-state index in [0.29, 0.717) is 16.1 Å². The van der Waals surface area contributed by atoms with Crippen molar-refractivity contribution in [1.82, 2.24) is 4.40 Å². The van der Waals surface area contributed by atoms with Crippen LogP contribution in [0.15, 0.2) is 103 Å². The van der Waals surface area contributed by atoms with Crippen molar-refractivity contribution in [3.8, 4) is 11.1 Å². The Kier molecular flexibility index (Phi) is 6.23. The van der Waals surface area contributed by atoms with Crippen LogP contribution in [-0.2, 0) is 4.79 Å². The minimum Gasteiger partial charge on any atom is -0.318 e. The summed E-state index contributed by atoms with van der Waals surface area (Å²) in [6.45, 7) is 1.99. The molecule has 5 aromatic rings. The number of benzene rings is 3. The summed E-state index contributed by atoms with van der Waals surface area (Å²) in [5.41, 5.74) is 4.46. The summed E-state index contributed by atoms with van der Waals surface area (Å²) in [5, 5.41) is 2.99. The smallest absolute Gasteiger partial charge is 0.298 e. The Bertz CT molecular complexity index is 1620. The first kappa shape index (κ1) is 23.3. The Balaban J connectivity index is 1.53. The van der Waals surface area contributed by atoms with Gasteiger partial charge in [0.1, 0.15) is 5.69 Å². The Morgan fingerprint density at radius 3 is 2.28 bits per heavy atom. The second kappa shape index (κ2) is 9.64. The normalized spacial score (nSPS) is 10.8. The number of anilines is 1. The van der Waals surface area contributed by atoms with E-state index in [1.807, 2.05) is 55.5 Å². The van der Waals surface area contributed by atoms with Crippen LogP contribution in [0.3, 0.4) is 0 Å². The lowest BCUT2D eigenvalue weighted by Crippen LogP contribution is -2.25. The number of amides is 1. The van der Waals surface area contributed by atoms with E-state index in [2.05, 4.69) is 5.32 Å². The minimum absolute atomic E-state index is 0.202. The van der Waals surface area contributed by atoms with Crippen LogP contribution in [0.2, 0.25) is 5.02 Å². The number of Topliss-reactive ketones (excluding diaryl/α,β-unsaturated/α-hetero) is 1. The van der Waals surface area contributed by atoms with Gasteiger partial charge in [-0.2, -0.15) is 0 Å². The highest BCUT2D eigenvalue weighted by Gasteiger charge is 2.26. The third-order valence-corrected chi connectivity index (χ3v) is 6.21. The Labute approximate surface area is 213 Å². The van der Waals surface area contributed by atoms with Crippen molar-refractivity contribution < 1.29 is 14.4 Å². The number of aromatic nitrogens is 1. The third-order valence-electron chi connectivity index (χ3n) is 5.97. The van der Waals surface area contributed by atoms with Gasteiger partial charge in [0.15, 0.2) is 5.78 Å². The quantitative estimate of drug-likeness (QED) is 0.214. The molecule has 2 heterocycles. The Morgan fingerprint density at radius 1 is 0.806 bits per heavy atom. The zero-order valence-electron chi connectivity index (χ0n) is 19.4. The fourth-order valence-corrected chi connectivity index (χ4v) is 4.33. The average molecular weight is 493 g/mol. The molecule has 0 saturated heterocycles. The van der Waals surface area contributed by atoms with E-state index in [0.717, 1.165) is 16.6 Å². The maximum atomic E-state index is 13.6. The fraction of sp³-hybridized carbons (Fsp3) is 0.0333. The van der Waals surface area contributed by atoms with Gasteiger partial charge < -0.3 is 9.72 Å². The van der Waals surface area contributed by atoms with Gasteiger partial charge in [-0.15, -0.1) is 0 Å². The second-order valence-electron chi connectivity index (χ2n) is 8.44. The van der Waals surface area contributed by atoms with Gasteiger partial charge in [-0.3, -0.25) is 14.4 Å². The number of nitrogens with zero attached hydrogens (tertiary/aromatic N) is 1. The number of carbonyl (C=O) groups is 3. The number of hydrogen-bond donors (Lipinski definition) is 1. The van der Waals surface area contributed by atoms with Crippen molar-refractivity contribution in [1.29, 1.82) is 0 Å². The molecule has 5 nitrogen and oxygen atoms in total. The largest absolute Gasteiger partial charge is 0.318 e. The summed E-state index contributed by atoms with van der Waals surface area (Å²) in [4.78, 5) is 40.0. The van der Waals surface area contributed by atoms with Gasteiger partial charge in [0, 0.05) is 33.4 Å². The predicted molar refractivity (Wildman–Crippen MR) is 142 cm³/mol. The molecule has 0 spiro atoms. The number of fused-ring (bicyclic) bond motifs is 1. The molecule has 6 heteroatoms. The molecule has 0 atom stereocenters. The molecule has 3 aromatic carbocycles. The van der Waals surface area contributed by atoms with E-state index in [4.69, 9.17) is 11.6 Å². The highest BCUT2D eigenvalue weighted by molar-refractivity contribution is 6.47. The van der Waals surface area contributed by atoms with E-state index in [9.17, 15) is 14.4 Å². The van der Waals surface area contributed by atoms with Crippen molar-refractivity contribution in [3.05, 3.63) is 131 Å². The number of ketones is 2. The van der Waals surface area contributed by atoms with Gasteiger partial charge in [0.2, 0.25) is 0 Å². The molecule has 0 aliphatic carbocycles. The standard InChI is InChI=1S/C30H21ClN2O3/c1-19-10-12-20(13-11-19)24-18-23-9-5-6-16-33(23)27(24)29(35)30(36)32-26-15-14-22(31)17-25(26)28(34)21-7-3-2-4-8-21/h2-18H,1H3,(H,32,36). The molecule has 0 radical (unpaired) electrons. The minimum atomic E-state index is -0.850. The summed E-state index contributed by atoms with van der Waals surface area (Å²) in [7, 11) is 0. The van der Waals surface area contributed by atoms with Crippen molar-refractivity contribution in [2.75, 3.05) is 5.32 Å². The lowest BCUT2D eigenvalue weighted by Gasteiger charge is -2.12. The number of nitrogens with one attached hydrogen (secondary N) is 1. The van der Waals surface area contributed by atoms with Crippen LogP contribution in [-0.4, -0.2) is 21.9 Å². The van der Waals surface area contributed by atoms with Gasteiger partial charge in [-0.1, -0.05) is 77.8 Å². The number of hydrogen-bond acceptors (Lipinski definition) is 3. The highest BCUT2D eigenvalue weighted by atomic mass is 35.5. The number of halogens is 1. The van der Waals surface area contributed by atoms with Crippen LogP contribution in [0.25, 0.3) is 16.6 Å². The van der Waals surface area contributed by atoms with E-state index in [1.54, 1.807) is 47.0 Å². The van der Waals surface area contributed by atoms with Crippen LogP contribution in [0.4, 0.5) is 5.69 Å². The number of aryl methyl sites for hydroxylation is 1. The van der Waals surface area contributed by atoms with E-state index in [1.165, 1.54) is 12.1 Å². The number of pyridine rings is 1. The van der Waals surface area contributed by atoms with E-state index < -0.39 is 11.7 Å². The van der Waals surface area contributed by atoms with Gasteiger partial charge in [-0.25, -0.2) is 0 Å². The summed E-state index contributed by atoms with van der Waals surface area (Å²) in [6, 6.07) is 28.5. The highest BCUT2D eigenvalue weighted by Crippen LogP contribution is 2.30. The van der Waals surface area contributed by atoms with E-state index in [-0.39, 0.29) is 22.7 Å². The first-order chi connectivity index (χ1) is 17.4. The first-order valence-electron chi connectivity index (χ1n) is 11.3. The first-order valence-corrected chi connectivity index (χ1v) is 11.7. The molecule has 1 N–H and O–H groups in total. The summed E-state index contributed by atoms with van der Waals surface area (Å²) in [6.07, 6.45) is 1.75. The molecule has 0 aliphatic rings. The van der Waals surface area contributed by atoms with Crippen molar-refractivity contribution in [2.45, 2.75) is 6.92 Å². The van der Waals surface area contributed by atoms with Crippen LogP contribution in [0.5, 0.6) is 0 Å². The predicted octanol–water partition coefficient (Wildman–Crippen LogP) is 6.62. The second-order valence-corrected chi connectivity index (χ2v) is 8.87. The van der Waals surface area contributed by atoms with Gasteiger partial charge in [0.05, 0.1) is 5.69 Å². The Hall–Kier alpha value is -4.48. The van der Waals surface area contributed by atoms with Crippen molar-refractivity contribution in [3.63, 3.8) is 0 Å². The molecule has 36 heavy (non-hydrogen) atoms. The molecule has 5 rings (SSSR count). The molecule has 1 amide bonds. The fourth-order valence-electron chi connectivity index (χ4n) is 4.15. The summed E-state index contributed by atoms with van der Waals surface area (Å²) < 4.78 is 1.70. The topological polar surface area (TPSA) is 67.7 Å². The average Bonchev–Trinajstić information content (AvgIpc) is 3.29. The molecule has 0 fully saturated rings. The maximum absolute atomic E-state index is 13.6. The van der Waals surface area contributed by atoms with Crippen molar-refractivity contribution >= 4 is 40.3 Å². The molecule has 176 valence electrons.